The van der Waals surface area contributed by atoms with Crippen molar-refractivity contribution in [1.29, 1.82) is 0 Å². The highest BCUT2D eigenvalue weighted by Gasteiger charge is 2.30. The molecule has 1 aromatic rings. The SMILES string of the molecule is CCC1Cc2cccnc2C1CC. The summed E-state index contributed by atoms with van der Waals surface area (Å²) < 4.78 is 0. The zero-order valence-corrected chi connectivity index (χ0v) is 8.46. The second-order valence-electron chi connectivity index (χ2n) is 3.93. The molecule has 0 saturated carbocycles. The fourth-order valence-electron chi connectivity index (χ4n) is 2.56. The van der Waals surface area contributed by atoms with Crippen molar-refractivity contribution in [2.45, 2.75) is 39.0 Å². The molecule has 0 aromatic carbocycles. The summed E-state index contributed by atoms with van der Waals surface area (Å²) in [4.78, 5) is 4.51. The van der Waals surface area contributed by atoms with Gasteiger partial charge in [-0.1, -0.05) is 26.3 Å². The van der Waals surface area contributed by atoms with Crippen LogP contribution in [-0.4, -0.2) is 4.98 Å². The molecule has 1 aliphatic rings. The van der Waals surface area contributed by atoms with Crippen molar-refractivity contribution in [3.63, 3.8) is 0 Å². The predicted molar refractivity (Wildman–Crippen MR) is 54.8 cm³/mol. The van der Waals surface area contributed by atoms with Crippen LogP contribution < -0.4 is 0 Å². The molecule has 0 amide bonds. The van der Waals surface area contributed by atoms with E-state index in [4.69, 9.17) is 0 Å². The summed E-state index contributed by atoms with van der Waals surface area (Å²) in [5.74, 6) is 1.57. The molecule has 0 N–H and O–H groups in total. The third-order valence-electron chi connectivity index (χ3n) is 3.29. The van der Waals surface area contributed by atoms with E-state index in [1.54, 1.807) is 0 Å². The quantitative estimate of drug-likeness (QED) is 0.672. The van der Waals surface area contributed by atoms with Crippen LogP contribution in [-0.2, 0) is 6.42 Å². The Morgan fingerprint density at radius 1 is 1.38 bits per heavy atom. The predicted octanol–water partition coefficient (Wildman–Crippen LogP) is 3.16. The van der Waals surface area contributed by atoms with Crippen molar-refractivity contribution in [3.05, 3.63) is 29.6 Å². The monoisotopic (exact) mass is 175 g/mol. The third-order valence-corrected chi connectivity index (χ3v) is 3.29. The molecule has 0 fully saturated rings. The first-order valence-electron chi connectivity index (χ1n) is 5.30. The van der Waals surface area contributed by atoms with E-state index < -0.39 is 0 Å². The van der Waals surface area contributed by atoms with E-state index in [0.29, 0.717) is 0 Å². The third kappa shape index (κ3) is 1.37. The molecule has 70 valence electrons. The zero-order chi connectivity index (χ0) is 9.26. The van der Waals surface area contributed by atoms with Gasteiger partial charge in [0.15, 0.2) is 0 Å². The molecule has 2 atom stereocenters. The second-order valence-corrected chi connectivity index (χ2v) is 3.93. The topological polar surface area (TPSA) is 12.9 Å². The Bertz CT molecular complexity index is 293. The number of fused-ring (bicyclic) bond motifs is 1. The standard InChI is InChI=1S/C12H17N/c1-3-9-8-10-6-5-7-13-12(10)11(9)4-2/h5-7,9,11H,3-4,8H2,1-2H3. The molecule has 1 aliphatic carbocycles. The molecule has 0 saturated heterocycles. The average Bonchev–Trinajstić information content (AvgIpc) is 2.55. The summed E-state index contributed by atoms with van der Waals surface area (Å²) >= 11 is 0. The van der Waals surface area contributed by atoms with Crippen molar-refractivity contribution in [2.24, 2.45) is 5.92 Å². The lowest BCUT2D eigenvalue weighted by Crippen LogP contribution is -2.05. The molecule has 2 rings (SSSR count). The summed E-state index contributed by atoms with van der Waals surface area (Å²) in [5.41, 5.74) is 2.86. The van der Waals surface area contributed by atoms with Gasteiger partial charge in [-0.3, -0.25) is 4.98 Å². The van der Waals surface area contributed by atoms with Gasteiger partial charge < -0.3 is 0 Å². The first-order valence-corrected chi connectivity index (χ1v) is 5.30. The largest absolute Gasteiger partial charge is 0.261 e. The molecule has 2 unspecified atom stereocenters. The van der Waals surface area contributed by atoms with Gasteiger partial charge in [0, 0.05) is 17.8 Å². The number of hydrogen-bond donors (Lipinski definition) is 0. The molecule has 0 radical (unpaired) electrons. The fraction of sp³-hybridized carbons (Fsp3) is 0.583. The van der Waals surface area contributed by atoms with Crippen LogP contribution in [0.5, 0.6) is 0 Å². The maximum atomic E-state index is 4.51. The summed E-state index contributed by atoms with van der Waals surface area (Å²) in [5, 5.41) is 0. The smallest absolute Gasteiger partial charge is 0.0469 e. The van der Waals surface area contributed by atoms with Crippen LogP contribution in [0.25, 0.3) is 0 Å². The van der Waals surface area contributed by atoms with Crippen LogP contribution in [0.3, 0.4) is 0 Å². The second kappa shape index (κ2) is 3.49. The van der Waals surface area contributed by atoms with E-state index in [2.05, 4.69) is 31.0 Å². The van der Waals surface area contributed by atoms with Gasteiger partial charge in [0.25, 0.3) is 0 Å². The Kier molecular flexibility index (Phi) is 2.34. The van der Waals surface area contributed by atoms with Crippen LogP contribution in [0.1, 0.15) is 43.9 Å². The Morgan fingerprint density at radius 2 is 2.23 bits per heavy atom. The highest BCUT2D eigenvalue weighted by molar-refractivity contribution is 5.29. The van der Waals surface area contributed by atoms with Crippen LogP contribution in [0, 0.1) is 5.92 Å². The van der Waals surface area contributed by atoms with Crippen molar-refractivity contribution in [1.82, 2.24) is 4.98 Å². The van der Waals surface area contributed by atoms with Gasteiger partial charge >= 0.3 is 0 Å². The normalized spacial score (nSPS) is 26.0. The molecular formula is C12H17N. The van der Waals surface area contributed by atoms with Gasteiger partial charge in [-0.05, 0) is 30.4 Å². The van der Waals surface area contributed by atoms with Gasteiger partial charge in [-0.25, -0.2) is 0 Å². The van der Waals surface area contributed by atoms with Crippen molar-refractivity contribution in [2.75, 3.05) is 0 Å². The van der Waals surface area contributed by atoms with Crippen LogP contribution in [0.2, 0.25) is 0 Å². The number of rotatable bonds is 2. The van der Waals surface area contributed by atoms with Gasteiger partial charge in [-0.15, -0.1) is 0 Å². The van der Waals surface area contributed by atoms with E-state index in [0.717, 1.165) is 11.8 Å². The Hall–Kier alpha value is -0.850. The molecular weight excluding hydrogens is 158 g/mol. The van der Waals surface area contributed by atoms with E-state index in [-0.39, 0.29) is 0 Å². The molecule has 1 heteroatoms. The zero-order valence-electron chi connectivity index (χ0n) is 8.46. The molecule has 1 heterocycles. The maximum absolute atomic E-state index is 4.51. The summed E-state index contributed by atoms with van der Waals surface area (Å²) in [7, 11) is 0. The summed E-state index contributed by atoms with van der Waals surface area (Å²) in [6.45, 7) is 4.57. The van der Waals surface area contributed by atoms with Crippen molar-refractivity contribution < 1.29 is 0 Å². The van der Waals surface area contributed by atoms with Crippen molar-refractivity contribution >= 4 is 0 Å². The number of aromatic nitrogens is 1. The highest BCUT2D eigenvalue weighted by Crippen LogP contribution is 2.39. The maximum Gasteiger partial charge on any atom is 0.0469 e. The number of nitrogens with zero attached hydrogens (tertiary/aromatic N) is 1. The van der Waals surface area contributed by atoms with E-state index in [9.17, 15) is 0 Å². The minimum absolute atomic E-state index is 0.723. The van der Waals surface area contributed by atoms with Gasteiger partial charge in [-0.2, -0.15) is 0 Å². The molecule has 0 spiro atoms. The van der Waals surface area contributed by atoms with E-state index in [1.807, 2.05) is 6.20 Å². The van der Waals surface area contributed by atoms with E-state index >= 15 is 0 Å². The molecule has 13 heavy (non-hydrogen) atoms. The van der Waals surface area contributed by atoms with E-state index in [1.165, 1.54) is 30.5 Å². The Labute approximate surface area is 80.2 Å². The molecule has 1 aromatic heterocycles. The molecule has 0 aliphatic heterocycles. The first-order chi connectivity index (χ1) is 6.36. The minimum Gasteiger partial charge on any atom is -0.261 e. The molecule has 0 bridgehead atoms. The minimum atomic E-state index is 0.723. The lowest BCUT2D eigenvalue weighted by atomic mass is 9.90. The van der Waals surface area contributed by atoms with Crippen LogP contribution in [0.4, 0.5) is 0 Å². The van der Waals surface area contributed by atoms with Crippen molar-refractivity contribution in [3.8, 4) is 0 Å². The lowest BCUT2D eigenvalue weighted by molar-refractivity contribution is 0.428. The molecule has 1 nitrogen and oxygen atoms in total. The van der Waals surface area contributed by atoms with Crippen LogP contribution in [0.15, 0.2) is 18.3 Å². The Balaban J connectivity index is 2.34. The number of hydrogen-bond acceptors (Lipinski definition) is 1. The summed E-state index contributed by atoms with van der Waals surface area (Å²) in [6.07, 6.45) is 5.70. The lowest BCUT2D eigenvalue weighted by Gasteiger charge is -2.15. The van der Waals surface area contributed by atoms with Gasteiger partial charge in [0.05, 0.1) is 0 Å². The van der Waals surface area contributed by atoms with Crippen LogP contribution >= 0.6 is 0 Å². The average molecular weight is 175 g/mol. The Morgan fingerprint density at radius 3 is 2.92 bits per heavy atom. The van der Waals surface area contributed by atoms with Gasteiger partial charge in [0.2, 0.25) is 0 Å². The van der Waals surface area contributed by atoms with Gasteiger partial charge in [0.1, 0.15) is 0 Å². The fourth-order valence-corrected chi connectivity index (χ4v) is 2.56. The number of pyridine rings is 1. The highest BCUT2D eigenvalue weighted by atomic mass is 14.7. The first kappa shape index (κ1) is 8.74. The summed E-state index contributed by atoms with van der Waals surface area (Å²) in [6, 6.07) is 4.30.